The van der Waals surface area contributed by atoms with Crippen molar-refractivity contribution in [1.82, 2.24) is 9.55 Å². The minimum atomic E-state index is -1.18. The minimum absolute atomic E-state index is 0.320. The van der Waals surface area contributed by atoms with Crippen molar-refractivity contribution in [3.8, 4) is 11.1 Å². The van der Waals surface area contributed by atoms with Crippen LogP contribution in [-0.2, 0) is 20.8 Å². The molecule has 8 heteroatoms. The SMILES string of the molecule is Cc1nc2c(c(C)c(C)n2CCC2(N)COC2)c(-c2ccc(Cl)cc2)c1[C@H](OC(C)(C)C)C(=O)O. The number of hydrogen-bond acceptors (Lipinski definition) is 5. The van der Waals surface area contributed by atoms with Crippen LogP contribution in [0.15, 0.2) is 24.3 Å². The maximum absolute atomic E-state index is 12.5. The molecule has 0 spiro atoms. The summed E-state index contributed by atoms with van der Waals surface area (Å²) in [6, 6.07) is 7.47. The summed E-state index contributed by atoms with van der Waals surface area (Å²) in [6.07, 6.45) is -0.416. The van der Waals surface area contributed by atoms with Gasteiger partial charge in [0.1, 0.15) is 5.65 Å². The van der Waals surface area contributed by atoms with Crippen molar-refractivity contribution in [2.75, 3.05) is 13.2 Å². The van der Waals surface area contributed by atoms with Gasteiger partial charge in [0.25, 0.3) is 0 Å². The largest absolute Gasteiger partial charge is 0.479 e. The van der Waals surface area contributed by atoms with Gasteiger partial charge in [0.15, 0.2) is 6.10 Å². The number of fused-ring (bicyclic) bond motifs is 1. The molecule has 35 heavy (non-hydrogen) atoms. The predicted molar refractivity (Wildman–Crippen MR) is 138 cm³/mol. The first-order valence-electron chi connectivity index (χ1n) is 11.8. The molecule has 0 bridgehead atoms. The fourth-order valence-corrected chi connectivity index (χ4v) is 4.86. The highest BCUT2D eigenvalue weighted by Gasteiger charge is 2.36. The van der Waals surface area contributed by atoms with E-state index in [1.54, 1.807) is 0 Å². The van der Waals surface area contributed by atoms with Gasteiger partial charge in [-0.15, -0.1) is 0 Å². The molecule has 1 saturated heterocycles. The second kappa shape index (κ2) is 9.21. The third-order valence-electron chi connectivity index (χ3n) is 6.69. The van der Waals surface area contributed by atoms with E-state index in [0.717, 1.165) is 39.8 Å². The molecule has 7 nitrogen and oxygen atoms in total. The number of nitrogens with two attached hydrogens (primary N) is 1. The molecule has 0 saturated carbocycles. The summed E-state index contributed by atoms with van der Waals surface area (Å²) < 4.78 is 13.6. The summed E-state index contributed by atoms with van der Waals surface area (Å²) in [7, 11) is 0. The number of rotatable bonds is 7. The van der Waals surface area contributed by atoms with E-state index >= 15 is 0 Å². The molecule has 0 radical (unpaired) electrons. The number of hydrogen-bond donors (Lipinski definition) is 2. The fraction of sp³-hybridized carbons (Fsp3) is 0.481. The van der Waals surface area contributed by atoms with E-state index in [9.17, 15) is 9.90 Å². The van der Waals surface area contributed by atoms with Gasteiger partial charge in [0.2, 0.25) is 0 Å². The van der Waals surface area contributed by atoms with E-state index in [0.29, 0.717) is 36.0 Å². The minimum Gasteiger partial charge on any atom is -0.479 e. The average Bonchev–Trinajstić information content (AvgIpc) is 2.98. The van der Waals surface area contributed by atoms with Crippen LogP contribution in [0.3, 0.4) is 0 Å². The normalized spacial score (nSPS) is 16.3. The zero-order valence-electron chi connectivity index (χ0n) is 21.2. The van der Waals surface area contributed by atoms with Crippen LogP contribution in [0.2, 0.25) is 5.02 Å². The molecule has 1 atom stereocenters. The number of aliphatic carboxylic acids is 1. The Bertz CT molecular complexity index is 1270. The molecule has 3 N–H and O–H groups in total. The first-order chi connectivity index (χ1) is 16.3. The molecule has 1 aliphatic rings. The number of benzene rings is 1. The summed E-state index contributed by atoms with van der Waals surface area (Å²) in [5.41, 5.74) is 11.2. The number of carboxylic acids is 1. The molecule has 0 aliphatic carbocycles. The Morgan fingerprint density at radius 3 is 2.40 bits per heavy atom. The maximum Gasteiger partial charge on any atom is 0.337 e. The molecular formula is C27H34ClN3O4. The van der Waals surface area contributed by atoms with E-state index in [1.165, 1.54) is 0 Å². The Kier molecular flexibility index (Phi) is 6.74. The summed E-state index contributed by atoms with van der Waals surface area (Å²) >= 11 is 6.20. The van der Waals surface area contributed by atoms with Crippen molar-refractivity contribution >= 4 is 28.6 Å². The zero-order chi connectivity index (χ0) is 25.7. The number of ether oxygens (including phenoxy) is 2. The summed E-state index contributed by atoms with van der Waals surface area (Å²) in [6.45, 7) is 13.3. The van der Waals surface area contributed by atoms with Gasteiger partial charge in [0.05, 0.1) is 24.4 Å². The number of aromatic nitrogens is 2. The molecule has 1 aromatic carbocycles. The number of halogens is 1. The van der Waals surface area contributed by atoms with Crippen LogP contribution in [-0.4, -0.2) is 45.0 Å². The second-order valence-electron chi connectivity index (χ2n) is 10.6. The van der Waals surface area contributed by atoms with Gasteiger partial charge in [0, 0.05) is 39.5 Å². The number of pyridine rings is 1. The van der Waals surface area contributed by atoms with Crippen LogP contribution in [0.5, 0.6) is 0 Å². The van der Waals surface area contributed by atoms with E-state index in [1.807, 2.05) is 52.0 Å². The lowest BCUT2D eigenvalue weighted by molar-refractivity contribution is -0.160. The Labute approximate surface area is 211 Å². The highest BCUT2D eigenvalue weighted by molar-refractivity contribution is 6.30. The van der Waals surface area contributed by atoms with Crippen LogP contribution in [0.1, 0.15) is 55.8 Å². The van der Waals surface area contributed by atoms with Crippen molar-refractivity contribution in [3.63, 3.8) is 0 Å². The first-order valence-corrected chi connectivity index (χ1v) is 12.2. The van der Waals surface area contributed by atoms with Crippen LogP contribution >= 0.6 is 11.6 Å². The summed E-state index contributed by atoms with van der Waals surface area (Å²) in [5, 5.41) is 11.8. The Hall–Kier alpha value is -2.45. The summed E-state index contributed by atoms with van der Waals surface area (Å²) in [4.78, 5) is 17.5. The van der Waals surface area contributed by atoms with Gasteiger partial charge in [-0.3, -0.25) is 0 Å². The Balaban J connectivity index is 2.00. The third kappa shape index (κ3) is 4.96. The number of nitrogens with zero attached hydrogens (tertiary/aromatic N) is 2. The van der Waals surface area contributed by atoms with Gasteiger partial charge >= 0.3 is 5.97 Å². The smallest absolute Gasteiger partial charge is 0.337 e. The molecule has 2 aromatic heterocycles. The lowest BCUT2D eigenvalue weighted by Crippen LogP contribution is -2.57. The number of carboxylic acid groups (broad SMARTS) is 1. The van der Waals surface area contributed by atoms with Crippen LogP contribution in [0.4, 0.5) is 0 Å². The molecule has 0 amide bonds. The summed E-state index contributed by atoms with van der Waals surface area (Å²) in [5.74, 6) is -1.05. The highest BCUT2D eigenvalue weighted by Crippen LogP contribution is 2.42. The maximum atomic E-state index is 12.5. The second-order valence-corrected chi connectivity index (χ2v) is 11.0. The van der Waals surface area contributed by atoms with Gasteiger partial charge in [-0.2, -0.15) is 0 Å². The molecule has 4 rings (SSSR count). The van der Waals surface area contributed by atoms with Crippen LogP contribution < -0.4 is 5.73 Å². The van der Waals surface area contributed by atoms with Gasteiger partial charge < -0.3 is 24.9 Å². The molecule has 188 valence electrons. The molecule has 3 heterocycles. The van der Waals surface area contributed by atoms with E-state index in [4.69, 9.17) is 31.8 Å². The monoisotopic (exact) mass is 499 g/mol. The van der Waals surface area contributed by atoms with Crippen molar-refractivity contribution in [2.24, 2.45) is 5.73 Å². The fourth-order valence-electron chi connectivity index (χ4n) is 4.74. The predicted octanol–water partition coefficient (Wildman–Crippen LogP) is 5.34. The van der Waals surface area contributed by atoms with Crippen molar-refractivity contribution < 1.29 is 19.4 Å². The molecule has 3 aromatic rings. The zero-order valence-corrected chi connectivity index (χ0v) is 22.0. The highest BCUT2D eigenvalue weighted by atomic mass is 35.5. The van der Waals surface area contributed by atoms with Gasteiger partial charge in [-0.1, -0.05) is 23.7 Å². The lowest BCUT2D eigenvalue weighted by atomic mass is 9.91. The topological polar surface area (TPSA) is 99.6 Å². The standard InChI is InChI=1S/C27H34ClN3O4/c1-15-17(3)31(12-11-27(29)13-34-14-27)24-20(15)22(18-7-9-19(28)10-8-18)21(16(2)30-24)23(25(32)33)35-26(4,5)6/h7-10,23H,11-14,29H2,1-6H3,(H,32,33)/t23-/m0/s1. The van der Waals surface area contributed by atoms with Gasteiger partial charge in [-0.05, 0) is 71.2 Å². The molecular weight excluding hydrogens is 466 g/mol. The lowest BCUT2D eigenvalue weighted by Gasteiger charge is -2.38. The van der Waals surface area contributed by atoms with E-state index in [2.05, 4.69) is 18.4 Å². The van der Waals surface area contributed by atoms with Crippen LogP contribution in [0, 0.1) is 20.8 Å². The van der Waals surface area contributed by atoms with Crippen molar-refractivity contribution in [3.05, 3.63) is 51.8 Å². The molecule has 1 fully saturated rings. The van der Waals surface area contributed by atoms with Crippen molar-refractivity contribution in [1.29, 1.82) is 0 Å². The van der Waals surface area contributed by atoms with E-state index < -0.39 is 17.7 Å². The third-order valence-corrected chi connectivity index (χ3v) is 6.94. The Morgan fingerprint density at radius 2 is 1.89 bits per heavy atom. The Morgan fingerprint density at radius 1 is 1.26 bits per heavy atom. The number of aryl methyl sites for hydroxylation is 3. The van der Waals surface area contributed by atoms with Crippen LogP contribution in [0.25, 0.3) is 22.2 Å². The average molecular weight is 500 g/mol. The van der Waals surface area contributed by atoms with Crippen molar-refractivity contribution in [2.45, 2.75) is 71.8 Å². The number of carbonyl (C=O) groups is 1. The first kappa shape index (κ1) is 25.6. The quantitative estimate of drug-likeness (QED) is 0.455. The van der Waals surface area contributed by atoms with E-state index in [-0.39, 0.29) is 5.54 Å². The molecule has 0 unspecified atom stereocenters. The van der Waals surface area contributed by atoms with Gasteiger partial charge in [-0.25, -0.2) is 9.78 Å². The molecule has 1 aliphatic heterocycles.